The number of hydrogen-bond donors (Lipinski definition) is 0. The number of rotatable bonds is 2. The summed E-state index contributed by atoms with van der Waals surface area (Å²) in [7, 11) is 1.33. The van der Waals surface area contributed by atoms with Crippen molar-refractivity contribution in [1.29, 1.82) is 0 Å². The highest BCUT2D eigenvalue weighted by Crippen LogP contribution is 2.23. The molecule has 0 atom stereocenters. The molecule has 0 aliphatic heterocycles. The van der Waals surface area contributed by atoms with Gasteiger partial charge in [-0.15, -0.1) is 0 Å². The summed E-state index contributed by atoms with van der Waals surface area (Å²) in [6.07, 6.45) is 0. The third-order valence-corrected chi connectivity index (χ3v) is 1.48. The predicted octanol–water partition coefficient (Wildman–Crippen LogP) is 1.37. The number of hydrogen-bond acceptors (Lipinski definition) is 4. The van der Waals surface area contributed by atoms with Gasteiger partial charge in [0, 0.05) is 6.07 Å². The zero-order valence-corrected chi connectivity index (χ0v) is 7.77. The van der Waals surface area contributed by atoms with E-state index in [-0.39, 0.29) is 11.6 Å². The van der Waals surface area contributed by atoms with Crippen LogP contribution < -0.4 is 4.74 Å². The Morgan fingerprint density at radius 2 is 2.29 bits per heavy atom. The maximum absolute atomic E-state index is 10.5. The molecule has 5 heteroatoms. The van der Waals surface area contributed by atoms with Crippen LogP contribution in [0.3, 0.4) is 0 Å². The Morgan fingerprint density at radius 3 is 2.79 bits per heavy atom. The molecule has 0 radical (unpaired) electrons. The van der Waals surface area contributed by atoms with E-state index in [1.165, 1.54) is 19.2 Å². The summed E-state index contributed by atoms with van der Waals surface area (Å²) in [6, 6.07) is 2.81. The molecule has 0 fully saturated rings. The summed E-state index contributed by atoms with van der Waals surface area (Å²) < 4.78 is 4.77. The summed E-state index contributed by atoms with van der Waals surface area (Å²) >= 11 is 0. The summed E-state index contributed by atoms with van der Waals surface area (Å²) in [5.41, 5.74) is 0.295. The molecule has 5 nitrogen and oxygen atoms in total. The lowest BCUT2D eigenvalue weighted by Gasteiger charge is -1.99. The van der Waals surface area contributed by atoms with Gasteiger partial charge in [-0.25, -0.2) is 0 Å². The summed E-state index contributed by atoms with van der Waals surface area (Å²) in [5.74, 6) is 5.31. The number of aromatic nitrogens is 1. The standard InChI is InChI=1S/C9H8N2O3/c1-3-4-7-5-6-8(11(12)13)9(10-7)14-2/h5-6H,1-2H3. The molecule has 1 rings (SSSR count). The fourth-order valence-corrected chi connectivity index (χ4v) is 0.920. The molecule has 0 amide bonds. The van der Waals surface area contributed by atoms with Crippen molar-refractivity contribution in [1.82, 2.24) is 4.98 Å². The first-order chi connectivity index (χ1) is 6.69. The molecule has 0 spiro atoms. The van der Waals surface area contributed by atoms with Gasteiger partial charge in [-0.05, 0) is 18.9 Å². The van der Waals surface area contributed by atoms with Crippen LogP contribution in [-0.2, 0) is 0 Å². The number of nitrogens with zero attached hydrogens (tertiary/aromatic N) is 2. The van der Waals surface area contributed by atoms with E-state index in [1.54, 1.807) is 6.92 Å². The fraction of sp³-hybridized carbons (Fsp3) is 0.222. The van der Waals surface area contributed by atoms with Crippen molar-refractivity contribution in [2.75, 3.05) is 7.11 Å². The van der Waals surface area contributed by atoms with Crippen molar-refractivity contribution < 1.29 is 9.66 Å². The Labute approximate surface area is 80.9 Å². The Balaban J connectivity index is 3.22. The van der Waals surface area contributed by atoms with Gasteiger partial charge in [-0.3, -0.25) is 10.1 Å². The smallest absolute Gasteiger partial charge is 0.331 e. The Bertz CT molecular complexity index is 418. The average molecular weight is 192 g/mol. The lowest BCUT2D eigenvalue weighted by molar-refractivity contribution is -0.386. The molecule has 1 heterocycles. The molecule has 0 N–H and O–H groups in total. The van der Waals surface area contributed by atoms with Crippen LogP contribution in [0.1, 0.15) is 12.6 Å². The van der Waals surface area contributed by atoms with Gasteiger partial charge >= 0.3 is 5.69 Å². The highest BCUT2D eigenvalue weighted by Gasteiger charge is 2.15. The molecule has 0 aromatic carbocycles. The first-order valence-corrected chi connectivity index (χ1v) is 3.81. The molecule has 0 unspecified atom stereocenters. The minimum Gasteiger partial charge on any atom is -0.476 e. The monoisotopic (exact) mass is 192 g/mol. The Morgan fingerprint density at radius 1 is 1.57 bits per heavy atom. The van der Waals surface area contributed by atoms with Crippen molar-refractivity contribution in [3.05, 3.63) is 27.9 Å². The van der Waals surface area contributed by atoms with Gasteiger partial charge in [0.1, 0.15) is 5.69 Å². The second-order valence-corrected chi connectivity index (χ2v) is 2.36. The predicted molar refractivity (Wildman–Crippen MR) is 50.0 cm³/mol. The maximum Gasteiger partial charge on any atom is 0.331 e. The van der Waals surface area contributed by atoms with Crippen LogP contribution in [0.4, 0.5) is 5.69 Å². The fourth-order valence-electron chi connectivity index (χ4n) is 0.920. The van der Waals surface area contributed by atoms with Gasteiger partial charge in [0.2, 0.25) is 0 Å². The molecular formula is C9H8N2O3. The van der Waals surface area contributed by atoms with E-state index in [4.69, 9.17) is 4.74 Å². The van der Waals surface area contributed by atoms with E-state index in [1.807, 2.05) is 0 Å². The first-order valence-electron chi connectivity index (χ1n) is 3.81. The van der Waals surface area contributed by atoms with Crippen LogP contribution in [-0.4, -0.2) is 17.0 Å². The largest absolute Gasteiger partial charge is 0.476 e. The molecule has 1 aromatic rings. The van der Waals surface area contributed by atoms with Crippen LogP contribution in [0.2, 0.25) is 0 Å². The van der Waals surface area contributed by atoms with Crippen LogP contribution in [0, 0.1) is 22.0 Å². The summed E-state index contributed by atoms with van der Waals surface area (Å²) in [5, 5.41) is 10.5. The van der Waals surface area contributed by atoms with E-state index < -0.39 is 4.92 Å². The van der Waals surface area contributed by atoms with E-state index in [2.05, 4.69) is 16.8 Å². The van der Waals surface area contributed by atoms with Crippen molar-refractivity contribution in [2.45, 2.75) is 6.92 Å². The molecular weight excluding hydrogens is 184 g/mol. The number of nitro groups is 1. The number of pyridine rings is 1. The SMILES string of the molecule is CC#Cc1ccc([N+](=O)[O-])c(OC)n1. The van der Waals surface area contributed by atoms with Crippen LogP contribution in [0.15, 0.2) is 12.1 Å². The molecule has 1 aromatic heterocycles. The van der Waals surface area contributed by atoms with Crippen LogP contribution in [0.25, 0.3) is 0 Å². The minimum atomic E-state index is -0.547. The van der Waals surface area contributed by atoms with Crippen LogP contribution >= 0.6 is 0 Å². The zero-order valence-electron chi connectivity index (χ0n) is 7.77. The van der Waals surface area contributed by atoms with Gasteiger partial charge in [0.25, 0.3) is 5.88 Å². The zero-order chi connectivity index (χ0) is 10.6. The minimum absolute atomic E-state index is 0.0183. The van der Waals surface area contributed by atoms with E-state index in [9.17, 15) is 10.1 Å². The lowest BCUT2D eigenvalue weighted by atomic mass is 10.3. The van der Waals surface area contributed by atoms with Gasteiger partial charge in [-0.2, -0.15) is 4.98 Å². The molecule has 0 saturated carbocycles. The normalized spacial score (nSPS) is 8.71. The van der Waals surface area contributed by atoms with E-state index >= 15 is 0 Å². The van der Waals surface area contributed by atoms with E-state index in [0.29, 0.717) is 5.69 Å². The lowest BCUT2D eigenvalue weighted by Crippen LogP contribution is -1.97. The van der Waals surface area contributed by atoms with Gasteiger partial charge in [0.15, 0.2) is 0 Å². The average Bonchev–Trinajstić information content (AvgIpc) is 2.17. The summed E-state index contributed by atoms with van der Waals surface area (Å²) in [6.45, 7) is 1.66. The second kappa shape index (κ2) is 4.23. The number of methoxy groups -OCH3 is 1. The van der Waals surface area contributed by atoms with E-state index in [0.717, 1.165) is 0 Å². The molecule has 14 heavy (non-hydrogen) atoms. The molecule has 0 saturated heterocycles. The highest BCUT2D eigenvalue weighted by molar-refractivity contribution is 5.44. The van der Waals surface area contributed by atoms with Crippen molar-refractivity contribution in [3.8, 4) is 17.7 Å². The second-order valence-electron chi connectivity index (χ2n) is 2.36. The molecule has 0 bridgehead atoms. The number of ether oxygens (including phenoxy) is 1. The molecule has 0 aliphatic carbocycles. The molecule has 72 valence electrons. The van der Waals surface area contributed by atoms with Gasteiger partial charge in [0.05, 0.1) is 12.0 Å². The first kappa shape index (κ1) is 9.99. The maximum atomic E-state index is 10.5. The van der Waals surface area contributed by atoms with Crippen molar-refractivity contribution >= 4 is 5.69 Å². The van der Waals surface area contributed by atoms with Gasteiger partial charge < -0.3 is 4.74 Å². The quantitative estimate of drug-likeness (QED) is 0.403. The Kier molecular flexibility index (Phi) is 3.02. The molecule has 0 aliphatic rings. The topological polar surface area (TPSA) is 65.3 Å². The van der Waals surface area contributed by atoms with Gasteiger partial charge in [-0.1, -0.05) is 5.92 Å². The Hall–Kier alpha value is -2.09. The summed E-state index contributed by atoms with van der Waals surface area (Å²) in [4.78, 5) is 13.8. The van der Waals surface area contributed by atoms with Crippen molar-refractivity contribution in [3.63, 3.8) is 0 Å². The van der Waals surface area contributed by atoms with Crippen LogP contribution in [0.5, 0.6) is 5.88 Å². The third kappa shape index (κ3) is 1.98. The third-order valence-electron chi connectivity index (χ3n) is 1.48. The van der Waals surface area contributed by atoms with Crippen molar-refractivity contribution in [2.24, 2.45) is 0 Å². The highest BCUT2D eigenvalue weighted by atomic mass is 16.6.